The number of hydrogen-bond acceptors (Lipinski definition) is 5. The Bertz CT molecular complexity index is 1090. The third kappa shape index (κ3) is 5.85. The summed E-state index contributed by atoms with van der Waals surface area (Å²) in [5.74, 6) is -0.794. The molecule has 2 aromatic carbocycles. The summed E-state index contributed by atoms with van der Waals surface area (Å²) in [5, 5.41) is 5.82. The number of rotatable bonds is 8. The quantitative estimate of drug-likeness (QED) is 0.407. The van der Waals surface area contributed by atoms with Gasteiger partial charge in [0, 0.05) is 23.2 Å². The van der Waals surface area contributed by atoms with Crippen LogP contribution in [0.25, 0.3) is 11.0 Å². The number of halogens is 1. The van der Waals surface area contributed by atoms with Crippen LogP contribution in [0.15, 0.2) is 46.9 Å². The van der Waals surface area contributed by atoms with Gasteiger partial charge in [-0.2, -0.15) is 0 Å². The fourth-order valence-electron chi connectivity index (χ4n) is 3.35. The molecule has 1 atom stereocenters. The number of aryl methyl sites for hydroxylation is 1. The van der Waals surface area contributed by atoms with Crippen LogP contribution < -0.4 is 15.4 Å². The predicted molar refractivity (Wildman–Crippen MR) is 121 cm³/mol. The summed E-state index contributed by atoms with van der Waals surface area (Å²) >= 11 is 0. The highest BCUT2D eigenvalue weighted by atomic mass is 19.1. The standard InChI is InChI=1S/C24H28FN3O4/c1-15-20-14-17(25)6-11-21(20)32-22(15)16(2)26-23(29)24(30)27-18-7-9-19(10-8-18)31-13-5-12-28(3)4/h6-11,14,16H,5,12-13H2,1-4H3,(H,26,29)(H,27,30). The van der Waals surface area contributed by atoms with Crippen molar-refractivity contribution in [2.24, 2.45) is 0 Å². The molecular formula is C24H28FN3O4. The van der Waals surface area contributed by atoms with Gasteiger partial charge in [0.05, 0.1) is 12.6 Å². The van der Waals surface area contributed by atoms with E-state index >= 15 is 0 Å². The zero-order valence-electron chi connectivity index (χ0n) is 18.7. The lowest BCUT2D eigenvalue weighted by Crippen LogP contribution is -2.36. The van der Waals surface area contributed by atoms with E-state index in [1.54, 1.807) is 38.1 Å². The summed E-state index contributed by atoms with van der Waals surface area (Å²) in [6.45, 7) is 5.02. The number of furan rings is 1. The van der Waals surface area contributed by atoms with Crippen LogP contribution in [-0.4, -0.2) is 44.0 Å². The summed E-state index contributed by atoms with van der Waals surface area (Å²) in [7, 11) is 4.01. The lowest BCUT2D eigenvalue weighted by molar-refractivity contribution is -0.136. The molecule has 2 N–H and O–H groups in total. The van der Waals surface area contributed by atoms with Gasteiger partial charge in [-0.25, -0.2) is 4.39 Å². The molecule has 0 saturated heterocycles. The third-order valence-corrected chi connectivity index (χ3v) is 5.01. The molecule has 1 aromatic heterocycles. The minimum atomic E-state index is -0.799. The van der Waals surface area contributed by atoms with Crippen LogP contribution in [0.5, 0.6) is 5.75 Å². The Morgan fingerprint density at radius 2 is 1.84 bits per heavy atom. The number of nitrogens with one attached hydrogen (secondary N) is 2. The SMILES string of the molecule is Cc1c(C(C)NC(=O)C(=O)Nc2ccc(OCCCN(C)C)cc2)oc2ccc(F)cc12. The Morgan fingerprint density at radius 3 is 2.53 bits per heavy atom. The normalized spacial score (nSPS) is 12.1. The van der Waals surface area contributed by atoms with E-state index < -0.39 is 17.9 Å². The fraction of sp³-hybridized carbons (Fsp3) is 0.333. The van der Waals surface area contributed by atoms with Gasteiger partial charge < -0.3 is 24.7 Å². The van der Waals surface area contributed by atoms with Crippen LogP contribution in [-0.2, 0) is 9.59 Å². The van der Waals surface area contributed by atoms with Gasteiger partial charge >= 0.3 is 11.8 Å². The van der Waals surface area contributed by atoms with E-state index in [1.165, 1.54) is 18.2 Å². The molecular weight excluding hydrogens is 413 g/mol. The highest BCUT2D eigenvalue weighted by molar-refractivity contribution is 6.39. The highest BCUT2D eigenvalue weighted by Gasteiger charge is 2.22. The molecule has 0 aliphatic heterocycles. The van der Waals surface area contributed by atoms with Crippen molar-refractivity contribution in [1.82, 2.24) is 10.2 Å². The molecule has 0 aliphatic rings. The minimum Gasteiger partial charge on any atom is -0.494 e. The summed E-state index contributed by atoms with van der Waals surface area (Å²) in [5.41, 5.74) is 1.72. The monoisotopic (exact) mass is 441 g/mol. The Kier molecular flexibility index (Phi) is 7.48. The van der Waals surface area contributed by atoms with E-state index in [2.05, 4.69) is 15.5 Å². The van der Waals surface area contributed by atoms with Crippen molar-refractivity contribution in [2.75, 3.05) is 32.6 Å². The number of amides is 2. The molecule has 3 rings (SSSR count). The fourth-order valence-corrected chi connectivity index (χ4v) is 3.35. The Hall–Kier alpha value is -3.39. The number of fused-ring (bicyclic) bond motifs is 1. The number of hydrogen-bond donors (Lipinski definition) is 2. The zero-order valence-corrected chi connectivity index (χ0v) is 18.7. The molecule has 0 fully saturated rings. The first-order valence-corrected chi connectivity index (χ1v) is 10.4. The molecule has 32 heavy (non-hydrogen) atoms. The van der Waals surface area contributed by atoms with E-state index in [9.17, 15) is 14.0 Å². The number of anilines is 1. The number of carbonyl (C=O) groups is 2. The molecule has 0 saturated carbocycles. The summed E-state index contributed by atoms with van der Waals surface area (Å²) in [6, 6.07) is 10.5. The van der Waals surface area contributed by atoms with Gasteiger partial charge in [-0.05, 0) is 76.8 Å². The van der Waals surface area contributed by atoms with Gasteiger partial charge in [-0.15, -0.1) is 0 Å². The molecule has 170 valence electrons. The van der Waals surface area contributed by atoms with Crippen molar-refractivity contribution in [2.45, 2.75) is 26.3 Å². The van der Waals surface area contributed by atoms with E-state index in [-0.39, 0.29) is 5.82 Å². The van der Waals surface area contributed by atoms with Gasteiger partial charge in [-0.3, -0.25) is 9.59 Å². The molecule has 0 bridgehead atoms. The molecule has 0 spiro atoms. The maximum Gasteiger partial charge on any atom is 0.313 e. The van der Waals surface area contributed by atoms with Gasteiger partial charge in [0.1, 0.15) is 22.9 Å². The van der Waals surface area contributed by atoms with Crippen molar-refractivity contribution >= 4 is 28.5 Å². The van der Waals surface area contributed by atoms with Crippen LogP contribution in [0, 0.1) is 12.7 Å². The van der Waals surface area contributed by atoms with E-state index in [4.69, 9.17) is 9.15 Å². The Morgan fingerprint density at radius 1 is 1.12 bits per heavy atom. The van der Waals surface area contributed by atoms with E-state index in [1.807, 2.05) is 14.1 Å². The number of benzene rings is 2. The van der Waals surface area contributed by atoms with Crippen LogP contribution in [0.1, 0.15) is 30.7 Å². The summed E-state index contributed by atoms with van der Waals surface area (Å²) in [4.78, 5) is 26.7. The molecule has 2 amide bonds. The van der Waals surface area contributed by atoms with Gasteiger partial charge in [-0.1, -0.05) is 0 Å². The van der Waals surface area contributed by atoms with Gasteiger partial charge in [0.15, 0.2) is 0 Å². The van der Waals surface area contributed by atoms with Crippen molar-refractivity contribution < 1.29 is 23.1 Å². The Labute approximate surface area is 186 Å². The average molecular weight is 442 g/mol. The largest absolute Gasteiger partial charge is 0.494 e. The van der Waals surface area contributed by atoms with Crippen molar-refractivity contribution in [1.29, 1.82) is 0 Å². The molecule has 1 heterocycles. The number of nitrogens with zero attached hydrogens (tertiary/aromatic N) is 1. The first-order valence-electron chi connectivity index (χ1n) is 10.4. The Balaban J connectivity index is 1.54. The molecule has 1 unspecified atom stereocenters. The molecule has 3 aromatic rings. The topological polar surface area (TPSA) is 83.8 Å². The third-order valence-electron chi connectivity index (χ3n) is 5.01. The van der Waals surface area contributed by atoms with E-state index in [0.29, 0.717) is 40.3 Å². The lowest BCUT2D eigenvalue weighted by atomic mass is 10.1. The second-order valence-electron chi connectivity index (χ2n) is 7.91. The maximum absolute atomic E-state index is 13.5. The average Bonchev–Trinajstić information content (AvgIpc) is 3.08. The minimum absolute atomic E-state index is 0.367. The zero-order chi connectivity index (χ0) is 23.3. The second kappa shape index (κ2) is 10.3. The van der Waals surface area contributed by atoms with Crippen LogP contribution >= 0.6 is 0 Å². The first kappa shape index (κ1) is 23.3. The molecule has 0 radical (unpaired) electrons. The van der Waals surface area contributed by atoms with Crippen molar-refractivity contribution in [3.63, 3.8) is 0 Å². The second-order valence-corrected chi connectivity index (χ2v) is 7.91. The molecule has 8 heteroatoms. The summed E-state index contributed by atoms with van der Waals surface area (Å²) in [6.07, 6.45) is 0.906. The molecule has 7 nitrogen and oxygen atoms in total. The van der Waals surface area contributed by atoms with Crippen molar-refractivity contribution in [3.8, 4) is 5.75 Å². The van der Waals surface area contributed by atoms with Crippen molar-refractivity contribution in [3.05, 3.63) is 59.6 Å². The van der Waals surface area contributed by atoms with Crippen LogP contribution in [0.4, 0.5) is 10.1 Å². The smallest absolute Gasteiger partial charge is 0.313 e. The van der Waals surface area contributed by atoms with Gasteiger partial charge in [0.25, 0.3) is 0 Å². The lowest BCUT2D eigenvalue weighted by Gasteiger charge is -2.13. The van der Waals surface area contributed by atoms with E-state index in [0.717, 1.165) is 13.0 Å². The highest BCUT2D eigenvalue weighted by Crippen LogP contribution is 2.29. The maximum atomic E-state index is 13.5. The number of carbonyl (C=O) groups excluding carboxylic acids is 2. The predicted octanol–water partition coefficient (Wildman–Crippen LogP) is 4.03. The molecule has 0 aliphatic carbocycles. The van der Waals surface area contributed by atoms with Gasteiger partial charge in [0.2, 0.25) is 0 Å². The number of ether oxygens (including phenoxy) is 1. The summed E-state index contributed by atoms with van der Waals surface area (Å²) < 4.78 is 24.9. The van der Waals surface area contributed by atoms with Crippen LogP contribution in [0.3, 0.4) is 0 Å². The van der Waals surface area contributed by atoms with Crippen LogP contribution in [0.2, 0.25) is 0 Å². The first-order chi connectivity index (χ1) is 15.2.